The van der Waals surface area contributed by atoms with Gasteiger partial charge in [0.05, 0.1) is 4.91 Å². The van der Waals surface area contributed by atoms with Gasteiger partial charge in [0.25, 0.3) is 11.1 Å². The van der Waals surface area contributed by atoms with Gasteiger partial charge in [0.2, 0.25) is 5.91 Å². The van der Waals surface area contributed by atoms with Gasteiger partial charge in [-0.15, -0.1) is 0 Å². The predicted molar refractivity (Wildman–Crippen MR) is 108 cm³/mol. The van der Waals surface area contributed by atoms with Gasteiger partial charge in [-0.3, -0.25) is 19.3 Å². The van der Waals surface area contributed by atoms with Gasteiger partial charge in [-0.1, -0.05) is 12.1 Å². The van der Waals surface area contributed by atoms with Gasteiger partial charge in [0.1, 0.15) is 6.54 Å². The molecule has 1 aromatic rings. The summed E-state index contributed by atoms with van der Waals surface area (Å²) in [5.74, 6) is -0.537. The van der Waals surface area contributed by atoms with E-state index in [1.165, 1.54) is 0 Å². The first kappa shape index (κ1) is 19.5. The number of carbonyl (C=O) groups is 3. The summed E-state index contributed by atoms with van der Waals surface area (Å²) in [7, 11) is 0. The van der Waals surface area contributed by atoms with E-state index in [2.05, 4.69) is 18.7 Å². The number of carbonyl (C=O) groups excluding carboxylic acids is 3. The molecule has 2 heterocycles. The summed E-state index contributed by atoms with van der Waals surface area (Å²) in [6, 6.07) is 7.91. The van der Waals surface area contributed by atoms with E-state index in [4.69, 9.17) is 0 Å². The molecule has 0 aromatic heterocycles. The molecule has 0 atom stereocenters. The van der Waals surface area contributed by atoms with Crippen LogP contribution in [-0.4, -0.2) is 59.6 Å². The average molecular weight is 388 g/mol. The van der Waals surface area contributed by atoms with Gasteiger partial charge < -0.3 is 9.80 Å². The van der Waals surface area contributed by atoms with Crippen molar-refractivity contribution in [1.82, 2.24) is 9.80 Å². The maximum absolute atomic E-state index is 12.6. The lowest BCUT2D eigenvalue weighted by Crippen LogP contribution is -2.40. The highest BCUT2D eigenvalue weighted by atomic mass is 32.2. The Kier molecular flexibility index (Phi) is 6.21. The van der Waals surface area contributed by atoms with Crippen LogP contribution < -0.4 is 4.90 Å². The first-order chi connectivity index (χ1) is 13.0. The standard InChI is InChI=1S/C20H25N3O3S/c1-3-21(4-2)16-9-7-15(8-10-16)13-17-19(25)23(20(26)27-17)14-18(24)22-11-5-6-12-22/h7-10,13H,3-6,11-12,14H2,1-2H3/b17-13+. The monoisotopic (exact) mass is 387 g/mol. The normalized spacial score (nSPS) is 18.7. The summed E-state index contributed by atoms with van der Waals surface area (Å²) < 4.78 is 0. The van der Waals surface area contributed by atoms with E-state index in [1.54, 1.807) is 11.0 Å². The number of hydrogen-bond acceptors (Lipinski definition) is 5. The van der Waals surface area contributed by atoms with Gasteiger partial charge >= 0.3 is 0 Å². The number of imide groups is 1. The maximum Gasteiger partial charge on any atom is 0.294 e. The number of benzene rings is 1. The van der Waals surface area contributed by atoms with Gasteiger partial charge in [0, 0.05) is 31.9 Å². The first-order valence-corrected chi connectivity index (χ1v) is 10.2. The van der Waals surface area contributed by atoms with Crippen molar-refractivity contribution >= 4 is 40.6 Å². The third kappa shape index (κ3) is 4.35. The summed E-state index contributed by atoms with van der Waals surface area (Å²) >= 11 is 0.898. The lowest BCUT2D eigenvalue weighted by atomic mass is 10.1. The second-order valence-electron chi connectivity index (χ2n) is 6.62. The fraction of sp³-hybridized carbons (Fsp3) is 0.450. The summed E-state index contributed by atoms with van der Waals surface area (Å²) in [5.41, 5.74) is 1.99. The molecule has 2 aliphatic rings. The Morgan fingerprint density at radius 3 is 2.33 bits per heavy atom. The Balaban J connectivity index is 1.69. The van der Waals surface area contributed by atoms with Crippen molar-refractivity contribution in [3.05, 3.63) is 34.7 Å². The Labute approximate surface area is 164 Å². The number of amides is 3. The minimum Gasteiger partial charge on any atom is -0.372 e. The second kappa shape index (κ2) is 8.61. The molecule has 2 aliphatic heterocycles. The highest BCUT2D eigenvalue weighted by Gasteiger charge is 2.37. The molecule has 0 unspecified atom stereocenters. The number of anilines is 1. The number of likely N-dealkylation sites (tertiary alicyclic amines) is 1. The van der Waals surface area contributed by atoms with Gasteiger partial charge in [-0.05, 0) is 62.2 Å². The van der Waals surface area contributed by atoms with Gasteiger partial charge in [-0.25, -0.2) is 0 Å². The van der Waals surface area contributed by atoms with Crippen LogP contribution in [0.4, 0.5) is 10.5 Å². The molecule has 27 heavy (non-hydrogen) atoms. The van der Waals surface area contributed by atoms with Crippen LogP contribution in [0.25, 0.3) is 6.08 Å². The second-order valence-corrected chi connectivity index (χ2v) is 7.61. The van der Waals surface area contributed by atoms with Crippen LogP contribution in [-0.2, 0) is 9.59 Å². The van der Waals surface area contributed by atoms with Crippen LogP contribution in [0.3, 0.4) is 0 Å². The van der Waals surface area contributed by atoms with Crippen LogP contribution in [0, 0.1) is 0 Å². The number of hydrogen-bond donors (Lipinski definition) is 0. The lowest BCUT2D eigenvalue weighted by Gasteiger charge is -2.20. The molecule has 0 N–H and O–H groups in total. The molecular formula is C20H25N3O3S. The highest BCUT2D eigenvalue weighted by molar-refractivity contribution is 8.18. The van der Waals surface area contributed by atoms with Gasteiger partial charge in [-0.2, -0.15) is 0 Å². The van der Waals surface area contributed by atoms with Crippen molar-refractivity contribution in [2.24, 2.45) is 0 Å². The van der Waals surface area contributed by atoms with E-state index in [0.29, 0.717) is 18.0 Å². The Morgan fingerprint density at radius 2 is 1.74 bits per heavy atom. The van der Waals surface area contributed by atoms with E-state index in [9.17, 15) is 14.4 Å². The summed E-state index contributed by atoms with van der Waals surface area (Å²) in [5, 5.41) is -0.376. The molecule has 1 aromatic carbocycles. The smallest absolute Gasteiger partial charge is 0.294 e. The molecule has 0 radical (unpaired) electrons. The number of thioether (sulfide) groups is 1. The molecule has 3 amide bonds. The predicted octanol–water partition coefficient (Wildman–Crippen LogP) is 3.19. The number of rotatable bonds is 6. The molecule has 0 saturated carbocycles. The third-order valence-corrected chi connectivity index (χ3v) is 5.85. The Hall–Kier alpha value is -2.28. The highest BCUT2D eigenvalue weighted by Crippen LogP contribution is 2.32. The number of nitrogens with zero attached hydrogens (tertiary/aromatic N) is 3. The molecular weight excluding hydrogens is 362 g/mol. The molecule has 3 rings (SSSR count). The molecule has 144 valence electrons. The largest absolute Gasteiger partial charge is 0.372 e. The minimum absolute atomic E-state index is 0.153. The van der Waals surface area contributed by atoms with Crippen molar-refractivity contribution in [2.45, 2.75) is 26.7 Å². The molecule has 2 saturated heterocycles. The van der Waals surface area contributed by atoms with Crippen molar-refractivity contribution in [1.29, 1.82) is 0 Å². The third-order valence-electron chi connectivity index (χ3n) is 4.95. The summed E-state index contributed by atoms with van der Waals surface area (Å²) in [6.07, 6.45) is 3.69. The molecule has 2 fully saturated rings. The van der Waals surface area contributed by atoms with Crippen LogP contribution in [0.2, 0.25) is 0 Å². The van der Waals surface area contributed by atoms with E-state index < -0.39 is 0 Å². The van der Waals surface area contributed by atoms with E-state index in [1.807, 2.05) is 24.3 Å². The Morgan fingerprint density at radius 1 is 1.11 bits per heavy atom. The molecule has 7 heteroatoms. The van der Waals surface area contributed by atoms with Crippen molar-refractivity contribution < 1.29 is 14.4 Å². The fourth-order valence-corrected chi connectivity index (χ4v) is 4.20. The average Bonchev–Trinajstić information content (AvgIpc) is 3.29. The minimum atomic E-state index is -0.384. The zero-order valence-electron chi connectivity index (χ0n) is 15.8. The van der Waals surface area contributed by atoms with Gasteiger partial charge in [0.15, 0.2) is 0 Å². The summed E-state index contributed by atoms with van der Waals surface area (Å²) in [6.45, 7) is 7.34. The summed E-state index contributed by atoms with van der Waals surface area (Å²) in [4.78, 5) is 42.4. The van der Waals surface area contributed by atoms with Crippen molar-refractivity contribution in [3.63, 3.8) is 0 Å². The van der Waals surface area contributed by atoms with Crippen LogP contribution >= 0.6 is 11.8 Å². The van der Waals surface area contributed by atoms with Crippen LogP contribution in [0.5, 0.6) is 0 Å². The van der Waals surface area contributed by atoms with E-state index >= 15 is 0 Å². The zero-order valence-corrected chi connectivity index (χ0v) is 16.6. The SMILES string of the molecule is CCN(CC)c1ccc(/C=C2/SC(=O)N(CC(=O)N3CCCC3)C2=O)cc1. The molecule has 0 spiro atoms. The lowest BCUT2D eigenvalue weighted by molar-refractivity contribution is -0.135. The molecule has 6 nitrogen and oxygen atoms in total. The van der Waals surface area contributed by atoms with E-state index in [0.717, 1.165) is 53.8 Å². The zero-order chi connectivity index (χ0) is 19.4. The van der Waals surface area contributed by atoms with Crippen molar-refractivity contribution in [3.8, 4) is 0 Å². The quantitative estimate of drug-likeness (QED) is 0.702. The van der Waals surface area contributed by atoms with Crippen LogP contribution in [0.15, 0.2) is 29.2 Å². The molecule has 0 aliphatic carbocycles. The van der Waals surface area contributed by atoms with Crippen molar-refractivity contribution in [2.75, 3.05) is 37.6 Å². The maximum atomic E-state index is 12.6. The first-order valence-electron chi connectivity index (χ1n) is 9.41. The topological polar surface area (TPSA) is 60.9 Å². The molecule has 0 bridgehead atoms. The van der Waals surface area contributed by atoms with E-state index in [-0.39, 0.29) is 23.6 Å². The van der Waals surface area contributed by atoms with Crippen LogP contribution in [0.1, 0.15) is 32.3 Å². The Bertz CT molecular complexity index is 750. The fourth-order valence-electron chi connectivity index (χ4n) is 3.36.